The Morgan fingerprint density at radius 3 is 2.38 bits per heavy atom. The molecule has 0 saturated heterocycles. The van der Waals surface area contributed by atoms with Crippen molar-refractivity contribution >= 4 is 5.96 Å². The van der Waals surface area contributed by atoms with E-state index in [0.717, 1.165) is 5.56 Å². The first kappa shape index (κ1) is 19.8. The molecule has 0 heterocycles. The normalized spacial score (nSPS) is 12.7. The first-order chi connectivity index (χ1) is 12.6. The number of benzene rings is 2. The Bertz CT molecular complexity index is 687. The summed E-state index contributed by atoms with van der Waals surface area (Å²) in [4.78, 5) is 4.40. The summed E-state index contributed by atoms with van der Waals surface area (Å²) >= 11 is 0. The number of guanidine groups is 1. The number of aliphatic hydroxyl groups excluding tert-OH is 1. The molecule has 2 rings (SSSR count). The van der Waals surface area contributed by atoms with E-state index < -0.39 is 17.7 Å². The lowest BCUT2D eigenvalue weighted by molar-refractivity contribution is 0.170. The zero-order valence-electron chi connectivity index (χ0n) is 14.9. The summed E-state index contributed by atoms with van der Waals surface area (Å²) in [6.45, 7) is 3.39. The van der Waals surface area contributed by atoms with Gasteiger partial charge in [0.2, 0.25) is 0 Å². The predicted molar refractivity (Wildman–Crippen MR) is 100 cm³/mol. The SMILES string of the molecule is CCNC(=NCCC(O)c1ccccc1)NCCc1c(F)cccc1F. The summed E-state index contributed by atoms with van der Waals surface area (Å²) in [7, 11) is 0. The van der Waals surface area contributed by atoms with Crippen LogP contribution in [0.25, 0.3) is 0 Å². The number of nitrogens with zero attached hydrogens (tertiary/aromatic N) is 1. The number of hydrogen-bond donors (Lipinski definition) is 3. The van der Waals surface area contributed by atoms with Gasteiger partial charge in [0.05, 0.1) is 6.10 Å². The van der Waals surface area contributed by atoms with Crippen LogP contribution in [0.5, 0.6) is 0 Å². The quantitative estimate of drug-likeness (QED) is 0.500. The first-order valence-electron chi connectivity index (χ1n) is 8.80. The van der Waals surface area contributed by atoms with Gasteiger partial charge in [-0.2, -0.15) is 0 Å². The molecular formula is C20H25F2N3O. The minimum absolute atomic E-state index is 0.0651. The maximum Gasteiger partial charge on any atom is 0.191 e. The average Bonchev–Trinajstić information content (AvgIpc) is 2.64. The third-order valence-corrected chi connectivity index (χ3v) is 3.93. The summed E-state index contributed by atoms with van der Waals surface area (Å²) in [5.74, 6) is -0.524. The molecular weight excluding hydrogens is 336 g/mol. The number of rotatable bonds is 8. The van der Waals surface area contributed by atoms with Crippen molar-refractivity contribution in [3.05, 3.63) is 71.3 Å². The van der Waals surface area contributed by atoms with E-state index in [-0.39, 0.29) is 12.0 Å². The number of nitrogens with one attached hydrogen (secondary N) is 2. The molecule has 0 bridgehead atoms. The van der Waals surface area contributed by atoms with Crippen LogP contribution in [0.4, 0.5) is 8.78 Å². The topological polar surface area (TPSA) is 56.7 Å². The van der Waals surface area contributed by atoms with Gasteiger partial charge in [-0.1, -0.05) is 36.4 Å². The Balaban J connectivity index is 1.84. The predicted octanol–water partition coefficient (Wildman–Crippen LogP) is 3.19. The molecule has 6 heteroatoms. The molecule has 0 saturated carbocycles. The highest BCUT2D eigenvalue weighted by Crippen LogP contribution is 2.15. The van der Waals surface area contributed by atoms with Crippen molar-refractivity contribution in [3.63, 3.8) is 0 Å². The molecule has 0 aliphatic carbocycles. The van der Waals surface area contributed by atoms with Gasteiger partial charge >= 0.3 is 0 Å². The lowest BCUT2D eigenvalue weighted by atomic mass is 10.1. The maximum atomic E-state index is 13.6. The van der Waals surface area contributed by atoms with Crippen molar-refractivity contribution < 1.29 is 13.9 Å². The molecule has 4 nitrogen and oxygen atoms in total. The molecule has 0 amide bonds. The zero-order chi connectivity index (χ0) is 18.8. The number of aliphatic hydroxyl groups is 1. The fourth-order valence-electron chi connectivity index (χ4n) is 2.56. The van der Waals surface area contributed by atoms with Crippen LogP contribution in [0.1, 0.15) is 30.6 Å². The van der Waals surface area contributed by atoms with Crippen molar-refractivity contribution in [2.45, 2.75) is 25.9 Å². The van der Waals surface area contributed by atoms with Gasteiger partial charge in [-0.3, -0.25) is 4.99 Å². The fraction of sp³-hybridized carbons (Fsp3) is 0.350. The van der Waals surface area contributed by atoms with E-state index in [1.54, 1.807) is 0 Å². The highest BCUT2D eigenvalue weighted by atomic mass is 19.1. The van der Waals surface area contributed by atoms with Crippen LogP contribution in [0, 0.1) is 11.6 Å². The van der Waals surface area contributed by atoms with Crippen LogP contribution >= 0.6 is 0 Å². The highest BCUT2D eigenvalue weighted by Gasteiger charge is 2.09. The third-order valence-electron chi connectivity index (χ3n) is 3.93. The Kier molecular flexibility index (Phi) is 8.02. The fourth-order valence-corrected chi connectivity index (χ4v) is 2.56. The number of hydrogen-bond acceptors (Lipinski definition) is 2. The van der Waals surface area contributed by atoms with Gasteiger partial charge in [0, 0.05) is 25.2 Å². The van der Waals surface area contributed by atoms with Crippen molar-refractivity contribution in [1.82, 2.24) is 10.6 Å². The molecule has 0 spiro atoms. The molecule has 2 aromatic carbocycles. The molecule has 2 aromatic rings. The third kappa shape index (κ3) is 6.11. The summed E-state index contributed by atoms with van der Waals surface area (Å²) in [5.41, 5.74) is 0.922. The van der Waals surface area contributed by atoms with Gasteiger partial charge in [0.15, 0.2) is 5.96 Å². The van der Waals surface area contributed by atoms with Gasteiger partial charge in [0.25, 0.3) is 0 Å². The van der Waals surface area contributed by atoms with Gasteiger partial charge in [0.1, 0.15) is 11.6 Å². The van der Waals surface area contributed by atoms with Crippen LogP contribution in [0.15, 0.2) is 53.5 Å². The minimum Gasteiger partial charge on any atom is -0.388 e. The standard InChI is InChI=1S/C20H25F2N3O/c1-2-23-20(24-13-11-16-17(21)9-6-10-18(16)22)25-14-12-19(26)15-7-4-3-5-8-15/h3-10,19,26H,2,11-14H2,1H3,(H2,23,24,25). The first-order valence-corrected chi connectivity index (χ1v) is 8.80. The molecule has 140 valence electrons. The zero-order valence-corrected chi connectivity index (χ0v) is 14.9. The molecule has 1 atom stereocenters. The maximum absolute atomic E-state index is 13.6. The van der Waals surface area contributed by atoms with Crippen molar-refractivity contribution in [2.75, 3.05) is 19.6 Å². The van der Waals surface area contributed by atoms with Crippen LogP contribution in [-0.4, -0.2) is 30.7 Å². The molecule has 0 aromatic heterocycles. The van der Waals surface area contributed by atoms with Crippen molar-refractivity contribution in [2.24, 2.45) is 4.99 Å². The van der Waals surface area contributed by atoms with Crippen molar-refractivity contribution in [1.29, 1.82) is 0 Å². The van der Waals surface area contributed by atoms with Crippen LogP contribution in [0.2, 0.25) is 0 Å². The Morgan fingerprint density at radius 1 is 1.04 bits per heavy atom. The monoisotopic (exact) mass is 361 g/mol. The van der Waals surface area contributed by atoms with E-state index in [2.05, 4.69) is 15.6 Å². The van der Waals surface area contributed by atoms with Gasteiger partial charge in [-0.25, -0.2) is 8.78 Å². The Morgan fingerprint density at radius 2 is 1.73 bits per heavy atom. The molecule has 26 heavy (non-hydrogen) atoms. The molecule has 1 unspecified atom stereocenters. The summed E-state index contributed by atoms with van der Waals surface area (Å²) < 4.78 is 27.3. The molecule has 0 aliphatic rings. The van der Waals surface area contributed by atoms with E-state index in [1.165, 1.54) is 18.2 Å². The Labute approximate surface area is 153 Å². The second-order valence-corrected chi connectivity index (χ2v) is 5.85. The number of aliphatic imine (C=N–C) groups is 1. The smallest absolute Gasteiger partial charge is 0.191 e. The lowest BCUT2D eigenvalue weighted by Crippen LogP contribution is -2.38. The molecule has 0 aliphatic heterocycles. The van der Waals surface area contributed by atoms with E-state index in [4.69, 9.17) is 0 Å². The Hall–Kier alpha value is -2.47. The second kappa shape index (κ2) is 10.5. The van der Waals surface area contributed by atoms with E-state index in [9.17, 15) is 13.9 Å². The van der Waals surface area contributed by atoms with Gasteiger partial charge in [-0.05, 0) is 37.5 Å². The van der Waals surface area contributed by atoms with Crippen LogP contribution in [-0.2, 0) is 6.42 Å². The van der Waals surface area contributed by atoms with Crippen LogP contribution in [0.3, 0.4) is 0 Å². The van der Waals surface area contributed by atoms with E-state index in [1.807, 2.05) is 37.3 Å². The largest absolute Gasteiger partial charge is 0.388 e. The molecule has 3 N–H and O–H groups in total. The van der Waals surface area contributed by atoms with Gasteiger partial charge in [-0.15, -0.1) is 0 Å². The summed E-state index contributed by atoms with van der Waals surface area (Å²) in [6.07, 6.45) is 0.133. The molecule has 0 fully saturated rings. The van der Waals surface area contributed by atoms with E-state index in [0.29, 0.717) is 32.0 Å². The average molecular weight is 361 g/mol. The summed E-state index contributed by atoms with van der Waals surface area (Å²) in [5, 5.41) is 16.3. The minimum atomic E-state index is -0.574. The lowest BCUT2D eigenvalue weighted by Gasteiger charge is -2.13. The molecule has 0 radical (unpaired) electrons. The highest BCUT2D eigenvalue weighted by molar-refractivity contribution is 5.79. The van der Waals surface area contributed by atoms with Crippen molar-refractivity contribution in [3.8, 4) is 0 Å². The second-order valence-electron chi connectivity index (χ2n) is 5.85. The summed E-state index contributed by atoms with van der Waals surface area (Å²) in [6, 6.07) is 13.3. The number of halogens is 2. The van der Waals surface area contributed by atoms with Gasteiger partial charge < -0.3 is 15.7 Å². The van der Waals surface area contributed by atoms with E-state index >= 15 is 0 Å². The van der Waals surface area contributed by atoms with Crippen LogP contribution < -0.4 is 10.6 Å².